The van der Waals surface area contributed by atoms with Crippen LogP contribution in [0, 0.1) is 6.92 Å². The Morgan fingerprint density at radius 2 is 1.88 bits per heavy atom. The van der Waals surface area contributed by atoms with Gasteiger partial charge in [-0.2, -0.15) is 0 Å². The van der Waals surface area contributed by atoms with Crippen LogP contribution >= 0.6 is 0 Å². The molecule has 132 valence electrons. The molecule has 0 saturated heterocycles. The first-order valence-corrected chi connectivity index (χ1v) is 8.99. The summed E-state index contributed by atoms with van der Waals surface area (Å²) in [6, 6.07) is 15.3. The molecule has 0 bridgehead atoms. The molecule has 1 amide bonds. The maximum atomic E-state index is 12.8. The molecule has 0 spiro atoms. The fourth-order valence-corrected chi connectivity index (χ4v) is 3.23. The van der Waals surface area contributed by atoms with E-state index in [0.29, 0.717) is 29.6 Å². The van der Waals surface area contributed by atoms with E-state index in [2.05, 4.69) is 10.3 Å². The van der Waals surface area contributed by atoms with Crippen molar-refractivity contribution in [1.29, 1.82) is 0 Å². The molecule has 0 aliphatic heterocycles. The smallest absolute Gasteiger partial charge is 0.261 e. The molecule has 1 saturated carbocycles. The normalized spacial score (nSPS) is 13.7. The van der Waals surface area contributed by atoms with Crippen molar-refractivity contribution in [2.45, 2.75) is 38.6 Å². The number of benzene rings is 2. The Hall–Kier alpha value is -2.95. The van der Waals surface area contributed by atoms with E-state index < -0.39 is 0 Å². The average molecular weight is 347 g/mol. The molecule has 1 aliphatic carbocycles. The van der Waals surface area contributed by atoms with Gasteiger partial charge >= 0.3 is 0 Å². The Bertz CT molecular complexity index is 1030. The minimum atomic E-state index is -0.0657. The molecular weight excluding hydrogens is 326 g/mol. The molecule has 1 aliphatic rings. The summed E-state index contributed by atoms with van der Waals surface area (Å²) in [6.45, 7) is 1.96. The van der Waals surface area contributed by atoms with Crippen molar-refractivity contribution in [2.24, 2.45) is 0 Å². The van der Waals surface area contributed by atoms with E-state index in [1.54, 1.807) is 4.57 Å². The Morgan fingerprint density at radius 1 is 1.15 bits per heavy atom. The Kier molecular flexibility index (Phi) is 4.29. The summed E-state index contributed by atoms with van der Waals surface area (Å²) in [6.07, 6.45) is 2.75. The first-order valence-electron chi connectivity index (χ1n) is 8.99. The minimum Gasteiger partial charge on any atom is -0.326 e. The number of amides is 1. The van der Waals surface area contributed by atoms with Crippen molar-refractivity contribution in [1.82, 2.24) is 9.55 Å². The van der Waals surface area contributed by atoms with E-state index in [0.717, 1.165) is 24.1 Å². The third kappa shape index (κ3) is 3.25. The van der Waals surface area contributed by atoms with Gasteiger partial charge in [0.2, 0.25) is 5.91 Å². The molecular formula is C21H21N3O2. The zero-order valence-electron chi connectivity index (χ0n) is 14.7. The van der Waals surface area contributed by atoms with Crippen molar-refractivity contribution in [3.63, 3.8) is 0 Å². The molecule has 1 fully saturated rings. The van der Waals surface area contributed by atoms with Gasteiger partial charge in [-0.25, -0.2) is 4.98 Å². The number of rotatable bonds is 5. The lowest BCUT2D eigenvalue weighted by atomic mass is 10.2. The highest BCUT2D eigenvalue weighted by molar-refractivity contribution is 5.91. The number of hydrogen-bond acceptors (Lipinski definition) is 3. The number of fused-ring (bicyclic) bond motifs is 1. The maximum absolute atomic E-state index is 12.8. The van der Waals surface area contributed by atoms with Gasteiger partial charge < -0.3 is 5.32 Å². The van der Waals surface area contributed by atoms with Gasteiger partial charge in [-0.3, -0.25) is 14.2 Å². The summed E-state index contributed by atoms with van der Waals surface area (Å²) in [5, 5.41) is 3.59. The maximum Gasteiger partial charge on any atom is 0.261 e. The topological polar surface area (TPSA) is 64.0 Å². The zero-order valence-corrected chi connectivity index (χ0v) is 14.7. The second-order valence-electron chi connectivity index (χ2n) is 6.81. The summed E-state index contributed by atoms with van der Waals surface area (Å²) >= 11 is 0. The molecule has 1 heterocycles. The number of nitrogens with zero attached hydrogens (tertiary/aromatic N) is 2. The fourth-order valence-electron chi connectivity index (χ4n) is 3.23. The van der Waals surface area contributed by atoms with Gasteiger partial charge in [0.05, 0.1) is 10.9 Å². The molecule has 3 aromatic rings. The second-order valence-corrected chi connectivity index (χ2v) is 6.81. The molecule has 4 rings (SSSR count). The van der Waals surface area contributed by atoms with E-state index in [-0.39, 0.29) is 17.5 Å². The van der Waals surface area contributed by atoms with Crippen molar-refractivity contribution in [3.8, 4) is 0 Å². The first kappa shape index (κ1) is 16.5. The lowest BCUT2D eigenvalue weighted by molar-refractivity contribution is -0.116. The fraction of sp³-hybridized carbons (Fsp3) is 0.286. The van der Waals surface area contributed by atoms with Gasteiger partial charge in [-0.05, 0) is 43.5 Å². The molecule has 5 nitrogen and oxygen atoms in total. The van der Waals surface area contributed by atoms with Crippen molar-refractivity contribution >= 4 is 22.5 Å². The van der Waals surface area contributed by atoms with E-state index in [1.165, 1.54) is 0 Å². The Morgan fingerprint density at radius 3 is 2.65 bits per heavy atom. The summed E-state index contributed by atoms with van der Waals surface area (Å²) < 4.78 is 1.80. The van der Waals surface area contributed by atoms with Gasteiger partial charge in [0.25, 0.3) is 5.56 Å². The molecule has 1 N–H and O–H groups in total. The molecule has 2 aromatic carbocycles. The number of aromatic nitrogens is 2. The van der Waals surface area contributed by atoms with Crippen LogP contribution in [0.3, 0.4) is 0 Å². The van der Waals surface area contributed by atoms with Crippen LogP contribution in [0.5, 0.6) is 0 Å². The monoisotopic (exact) mass is 347 g/mol. The molecule has 1 aromatic heterocycles. The number of para-hydroxylation sites is 2. The highest BCUT2D eigenvalue weighted by Crippen LogP contribution is 2.34. The van der Waals surface area contributed by atoms with Crippen LogP contribution in [-0.2, 0) is 11.2 Å². The second kappa shape index (κ2) is 6.75. The van der Waals surface area contributed by atoms with Gasteiger partial charge in [-0.15, -0.1) is 0 Å². The van der Waals surface area contributed by atoms with Crippen molar-refractivity contribution < 1.29 is 4.79 Å². The van der Waals surface area contributed by atoms with Crippen LogP contribution < -0.4 is 10.9 Å². The number of aryl methyl sites for hydroxylation is 2. The standard InChI is InChI=1S/C21H21N3O2/c1-14-6-2-4-8-17(14)23-20(25)13-12-19-22-18-9-5-3-7-16(18)21(26)24(19)15-10-11-15/h2-9,15H,10-13H2,1H3,(H,23,25). The third-order valence-electron chi connectivity index (χ3n) is 4.79. The summed E-state index contributed by atoms with van der Waals surface area (Å²) in [5.41, 5.74) is 2.55. The predicted octanol–water partition coefficient (Wildman–Crippen LogP) is 3.61. The van der Waals surface area contributed by atoms with Crippen LogP contribution in [0.1, 0.15) is 36.7 Å². The third-order valence-corrected chi connectivity index (χ3v) is 4.79. The number of carbonyl (C=O) groups excluding carboxylic acids is 1. The summed E-state index contributed by atoms with van der Waals surface area (Å²) in [7, 11) is 0. The van der Waals surface area contributed by atoms with Gasteiger partial charge in [0.1, 0.15) is 5.82 Å². The van der Waals surface area contributed by atoms with E-state index in [4.69, 9.17) is 0 Å². The molecule has 5 heteroatoms. The average Bonchev–Trinajstić information content (AvgIpc) is 3.47. The zero-order chi connectivity index (χ0) is 18.1. The van der Waals surface area contributed by atoms with Crippen LogP contribution in [0.4, 0.5) is 5.69 Å². The van der Waals surface area contributed by atoms with Gasteiger partial charge in [0.15, 0.2) is 0 Å². The molecule has 0 radical (unpaired) electrons. The van der Waals surface area contributed by atoms with E-state index in [1.807, 2.05) is 55.5 Å². The van der Waals surface area contributed by atoms with Crippen LogP contribution in [0.25, 0.3) is 10.9 Å². The van der Waals surface area contributed by atoms with Crippen molar-refractivity contribution in [2.75, 3.05) is 5.32 Å². The number of carbonyl (C=O) groups is 1. The van der Waals surface area contributed by atoms with E-state index in [9.17, 15) is 9.59 Å². The highest BCUT2D eigenvalue weighted by atomic mass is 16.1. The number of nitrogens with one attached hydrogen (secondary N) is 1. The quantitative estimate of drug-likeness (QED) is 0.767. The number of hydrogen-bond donors (Lipinski definition) is 1. The predicted molar refractivity (Wildman–Crippen MR) is 102 cm³/mol. The first-order chi connectivity index (χ1) is 12.6. The van der Waals surface area contributed by atoms with Gasteiger partial charge in [-0.1, -0.05) is 30.3 Å². The van der Waals surface area contributed by atoms with E-state index >= 15 is 0 Å². The lowest BCUT2D eigenvalue weighted by Crippen LogP contribution is -2.25. The summed E-state index contributed by atoms with van der Waals surface area (Å²) in [4.78, 5) is 29.9. The van der Waals surface area contributed by atoms with Crippen molar-refractivity contribution in [3.05, 3.63) is 70.3 Å². The number of anilines is 1. The van der Waals surface area contributed by atoms with Crippen LogP contribution in [-0.4, -0.2) is 15.5 Å². The largest absolute Gasteiger partial charge is 0.326 e. The molecule has 0 unspecified atom stereocenters. The molecule has 26 heavy (non-hydrogen) atoms. The van der Waals surface area contributed by atoms with Crippen LogP contribution in [0.15, 0.2) is 53.3 Å². The summed E-state index contributed by atoms with van der Waals surface area (Å²) in [5.74, 6) is 0.639. The Labute approximate surface area is 151 Å². The SMILES string of the molecule is Cc1ccccc1NC(=O)CCc1nc2ccccc2c(=O)n1C1CC1. The molecule has 0 atom stereocenters. The lowest BCUT2D eigenvalue weighted by Gasteiger charge is -2.13. The van der Waals surface area contributed by atoms with Crippen LogP contribution in [0.2, 0.25) is 0 Å². The Balaban J connectivity index is 1.57. The minimum absolute atomic E-state index is 0.00686. The highest BCUT2D eigenvalue weighted by Gasteiger charge is 2.28. The van der Waals surface area contributed by atoms with Gasteiger partial charge in [0, 0.05) is 24.6 Å².